The predicted octanol–water partition coefficient (Wildman–Crippen LogP) is 14.3. The second kappa shape index (κ2) is 13.7. The molecule has 1 aliphatic rings. The standard InChI is InChI=1S/C53H37N3O/c1-4-15-36(16-5-1)39-20-14-23-43(33-39)55(44-31-32-47-46-25-12-13-26-49(46)56(50(47)35-44)41-21-8-3-9-22-41)42-29-27-37(28-30-42)48-34-40-19-10-11-24-45(40)52-51(48)54-53(57-52)38-17-6-2-7-18-38/h1-27,29,31-35H,28,30H2. The average Bonchev–Trinajstić information content (AvgIpc) is 3.88. The quantitative estimate of drug-likeness (QED) is 0.164. The Morgan fingerprint density at radius 2 is 1.16 bits per heavy atom. The minimum absolute atomic E-state index is 0.642. The fraction of sp³-hybridized carbons (Fsp3) is 0.0377. The molecule has 0 amide bonds. The fourth-order valence-corrected chi connectivity index (χ4v) is 8.61. The lowest BCUT2D eigenvalue weighted by Gasteiger charge is -2.30. The summed E-state index contributed by atoms with van der Waals surface area (Å²) in [7, 11) is 0. The Morgan fingerprint density at radius 1 is 0.491 bits per heavy atom. The zero-order chi connectivity index (χ0) is 37.7. The third-order valence-corrected chi connectivity index (χ3v) is 11.3. The van der Waals surface area contributed by atoms with Crippen molar-refractivity contribution in [2.75, 3.05) is 4.90 Å². The van der Waals surface area contributed by atoms with Gasteiger partial charge in [0, 0.05) is 50.0 Å². The van der Waals surface area contributed by atoms with E-state index in [2.05, 4.69) is 191 Å². The molecule has 10 aromatic rings. The lowest BCUT2D eigenvalue weighted by molar-refractivity contribution is 0.623. The highest BCUT2D eigenvalue weighted by Gasteiger charge is 2.23. The van der Waals surface area contributed by atoms with E-state index in [1.165, 1.54) is 44.2 Å². The van der Waals surface area contributed by atoms with Crippen molar-refractivity contribution < 1.29 is 4.42 Å². The van der Waals surface area contributed by atoms with E-state index in [-0.39, 0.29) is 0 Å². The van der Waals surface area contributed by atoms with Crippen molar-refractivity contribution in [2.45, 2.75) is 12.8 Å². The van der Waals surface area contributed by atoms with Gasteiger partial charge in [0.05, 0.1) is 11.0 Å². The highest BCUT2D eigenvalue weighted by molar-refractivity contribution is 6.11. The number of para-hydroxylation sites is 2. The van der Waals surface area contributed by atoms with Crippen molar-refractivity contribution in [3.8, 4) is 28.3 Å². The maximum absolute atomic E-state index is 6.56. The number of hydrogen-bond acceptors (Lipinski definition) is 3. The Bertz CT molecular complexity index is 3170. The number of fused-ring (bicyclic) bond motifs is 6. The van der Waals surface area contributed by atoms with Gasteiger partial charge < -0.3 is 13.9 Å². The van der Waals surface area contributed by atoms with Gasteiger partial charge in [0.1, 0.15) is 5.52 Å². The van der Waals surface area contributed by atoms with Gasteiger partial charge in [0.2, 0.25) is 5.89 Å². The molecular formula is C53H37N3O. The van der Waals surface area contributed by atoms with E-state index in [0.29, 0.717) is 5.89 Å². The number of rotatable bonds is 7. The SMILES string of the molecule is C1=C(c2cc3ccccc3c3oc(-c4ccccc4)nc23)CCC(N(c2cccc(-c3ccccc3)c2)c2ccc3c4ccccc4n(-c4ccccc4)c3c2)=C1. The smallest absolute Gasteiger partial charge is 0.227 e. The monoisotopic (exact) mass is 731 g/mol. The second-order valence-corrected chi connectivity index (χ2v) is 14.7. The number of allylic oxidation sites excluding steroid dienone is 4. The third-order valence-electron chi connectivity index (χ3n) is 11.3. The molecule has 2 heterocycles. The van der Waals surface area contributed by atoms with Crippen molar-refractivity contribution >= 4 is 60.6 Å². The molecular weight excluding hydrogens is 695 g/mol. The number of oxazole rings is 1. The first-order valence-electron chi connectivity index (χ1n) is 19.6. The molecule has 0 radical (unpaired) electrons. The van der Waals surface area contributed by atoms with Gasteiger partial charge in [-0.25, -0.2) is 4.98 Å². The first-order chi connectivity index (χ1) is 28.3. The average molecular weight is 732 g/mol. The molecule has 4 nitrogen and oxygen atoms in total. The first kappa shape index (κ1) is 33.0. The minimum atomic E-state index is 0.642. The van der Waals surface area contributed by atoms with Gasteiger partial charge in [-0.3, -0.25) is 0 Å². The number of hydrogen-bond donors (Lipinski definition) is 0. The predicted molar refractivity (Wildman–Crippen MR) is 237 cm³/mol. The van der Waals surface area contributed by atoms with Gasteiger partial charge in [-0.15, -0.1) is 0 Å². The molecule has 11 rings (SSSR count). The van der Waals surface area contributed by atoms with Crippen LogP contribution in [0.4, 0.5) is 11.4 Å². The summed E-state index contributed by atoms with van der Waals surface area (Å²) >= 11 is 0. The summed E-state index contributed by atoms with van der Waals surface area (Å²) in [6, 6.07) is 66.9. The van der Waals surface area contributed by atoms with Gasteiger partial charge in [0.25, 0.3) is 0 Å². The van der Waals surface area contributed by atoms with E-state index in [0.717, 1.165) is 62.9 Å². The number of benzene rings is 8. The van der Waals surface area contributed by atoms with Crippen LogP contribution in [0.1, 0.15) is 18.4 Å². The highest BCUT2D eigenvalue weighted by atomic mass is 16.3. The molecule has 57 heavy (non-hydrogen) atoms. The summed E-state index contributed by atoms with van der Waals surface area (Å²) < 4.78 is 8.95. The third kappa shape index (κ3) is 5.73. The number of nitrogens with zero attached hydrogens (tertiary/aromatic N) is 3. The molecule has 0 atom stereocenters. The molecule has 0 spiro atoms. The maximum atomic E-state index is 6.56. The lowest BCUT2D eigenvalue weighted by atomic mass is 9.92. The van der Waals surface area contributed by atoms with Crippen molar-refractivity contribution in [2.24, 2.45) is 0 Å². The molecule has 0 fully saturated rings. The Morgan fingerprint density at radius 3 is 1.95 bits per heavy atom. The van der Waals surface area contributed by atoms with Crippen LogP contribution in [0.5, 0.6) is 0 Å². The van der Waals surface area contributed by atoms with E-state index in [1.54, 1.807) is 0 Å². The van der Waals surface area contributed by atoms with Crippen LogP contribution in [0.3, 0.4) is 0 Å². The maximum Gasteiger partial charge on any atom is 0.227 e. The molecule has 1 aliphatic carbocycles. The van der Waals surface area contributed by atoms with Crippen LogP contribution in [0.25, 0.3) is 77.5 Å². The second-order valence-electron chi connectivity index (χ2n) is 14.7. The molecule has 8 aromatic carbocycles. The van der Waals surface area contributed by atoms with Crippen LogP contribution >= 0.6 is 0 Å². The van der Waals surface area contributed by atoms with Crippen LogP contribution in [-0.2, 0) is 0 Å². The van der Waals surface area contributed by atoms with E-state index >= 15 is 0 Å². The van der Waals surface area contributed by atoms with Crippen LogP contribution in [0.2, 0.25) is 0 Å². The molecule has 0 saturated carbocycles. The first-order valence-corrected chi connectivity index (χ1v) is 19.6. The van der Waals surface area contributed by atoms with Crippen LogP contribution in [0, 0.1) is 0 Å². The van der Waals surface area contributed by atoms with E-state index in [4.69, 9.17) is 9.40 Å². The summed E-state index contributed by atoms with van der Waals surface area (Å²) in [5.41, 5.74) is 14.5. The molecule has 270 valence electrons. The van der Waals surface area contributed by atoms with Gasteiger partial charge in [-0.2, -0.15) is 0 Å². The Balaban J connectivity index is 1.08. The van der Waals surface area contributed by atoms with Crippen LogP contribution < -0.4 is 4.90 Å². The minimum Gasteiger partial charge on any atom is -0.435 e. The number of aromatic nitrogens is 2. The summed E-state index contributed by atoms with van der Waals surface area (Å²) in [5, 5.41) is 4.70. The van der Waals surface area contributed by atoms with Crippen LogP contribution in [0.15, 0.2) is 210 Å². The van der Waals surface area contributed by atoms with Gasteiger partial charge in [-0.1, -0.05) is 133 Å². The van der Waals surface area contributed by atoms with Crippen molar-refractivity contribution in [1.29, 1.82) is 0 Å². The van der Waals surface area contributed by atoms with Crippen molar-refractivity contribution in [3.05, 3.63) is 211 Å². The molecule has 0 aliphatic heterocycles. The molecule has 0 saturated heterocycles. The van der Waals surface area contributed by atoms with Gasteiger partial charge >= 0.3 is 0 Å². The summed E-state index contributed by atoms with van der Waals surface area (Å²) in [6.07, 6.45) is 6.31. The van der Waals surface area contributed by atoms with Crippen molar-refractivity contribution in [3.63, 3.8) is 0 Å². The van der Waals surface area contributed by atoms with Gasteiger partial charge in [0.15, 0.2) is 5.58 Å². The summed E-state index contributed by atoms with van der Waals surface area (Å²) in [4.78, 5) is 7.59. The molecule has 2 aromatic heterocycles. The molecule has 0 bridgehead atoms. The molecule has 0 unspecified atom stereocenters. The van der Waals surface area contributed by atoms with E-state index in [9.17, 15) is 0 Å². The summed E-state index contributed by atoms with van der Waals surface area (Å²) in [6.45, 7) is 0. The van der Waals surface area contributed by atoms with Crippen LogP contribution in [-0.4, -0.2) is 9.55 Å². The fourth-order valence-electron chi connectivity index (χ4n) is 8.61. The Hall–Kier alpha value is -7.43. The zero-order valence-corrected chi connectivity index (χ0v) is 31.2. The van der Waals surface area contributed by atoms with Crippen molar-refractivity contribution in [1.82, 2.24) is 9.55 Å². The lowest BCUT2D eigenvalue weighted by Crippen LogP contribution is -2.18. The summed E-state index contributed by atoms with van der Waals surface area (Å²) in [5.74, 6) is 0.642. The zero-order valence-electron chi connectivity index (χ0n) is 31.2. The Kier molecular flexibility index (Phi) is 7.92. The highest BCUT2D eigenvalue weighted by Crippen LogP contribution is 2.43. The largest absolute Gasteiger partial charge is 0.435 e. The Labute approximate surface area is 330 Å². The molecule has 0 N–H and O–H groups in total. The van der Waals surface area contributed by atoms with Gasteiger partial charge in [-0.05, 0) is 102 Å². The normalized spacial score (nSPS) is 13.0. The topological polar surface area (TPSA) is 34.2 Å². The van der Waals surface area contributed by atoms with E-state index < -0.39 is 0 Å². The number of anilines is 2. The molecule has 4 heteroatoms. The van der Waals surface area contributed by atoms with E-state index in [1.807, 2.05) is 18.2 Å².